The highest BCUT2D eigenvalue weighted by Gasteiger charge is 2.17. The molecule has 0 aliphatic carbocycles. The molecule has 0 spiro atoms. The Morgan fingerprint density at radius 1 is 1.30 bits per heavy atom. The van der Waals surface area contributed by atoms with E-state index in [9.17, 15) is 9.18 Å². The number of H-pyrrole nitrogens is 1. The van der Waals surface area contributed by atoms with Gasteiger partial charge in [0.15, 0.2) is 0 Å². The van der Waals surface area contributed by atoms with Crippen LogP contribution in [0.4, 0.5) is 10.2 Å². The smallest absolute Gasteiger partial charge is 0.258 e. The Labute approximate surface area is 132 Å². The number of benzene rings is 1. The lowest BCUT2D eigenvalue weighted by Gasteiger charge is -2.23. The monoisotopic (exact) mass is 314 g/mol. The Balaban J connectivity index is 2.23. The fourth-order valence-electron chi connectivity index (χ4n) is 2.46. The summed E-state index contributed by atoms with van der Waals surface area (Å²) in [6.45, 7) is 5.25. The zero-order chi connectivity index (χ0) is 16.6. The molecular formula is C17H19FN4O. The van der Waals surface area contributed by atoms with E-state index in [1.54, 1.807) is 12.1 Å². The molecule has 0 amide bonds. The second-order valence-electron chi connectivity index (χ2n) is 6.44. The second kappa shape index (κ2) is 5.62. The van der Waals surface area contributed by atoms with E-state index in [2.05, 4.69) is 15.3 Å². The lowest BCUT2D eigenvalue weighted by Crippen LogP contribution is -2.31. The molecule has 120 valence electrons. The van der Waals surface area contributed by atoms with Gasteiger partial charge in [-0.2, -0.15) is 0 Å². The number of pyridine rings is 2. The van der Waals surface area contributed by atoms with Crippen LogP contribution in [0.1, 0.15) is 13.8 Å². The molecule has 0 saturated heterocycles. The molecule has 0 bridgehead atoms. The molecule has 3 aromatic rings. The summed E-state index contributed by atoms with van der Waals surface area (Å²) in [4.78, 5) is 19.3. The van der Waals surface area contributed by atoms with Crippen LogP contribution < -0.4 is 16.6 Å². The first kappa shape index (κ1) is 15.4. The standard InChI is InChI=1S/C17H19FN4O/c1-17(2,8-19)9-21-15-11-4-3-10(18)7-12(11)14-13(22-15)5-6-20-16(14)23/h3-7H,8-9,19H2,1-2H3,(H,20,23)(H,21,22). The summed E-state index contributed by atoms with van der Waals surface area (Å²) in [7, 11) is 0. The molecular weight excluding hydrogens is 295 g/mol. The van der Waals surface area contributed by atoms with Crippen molar-refractivity contribution in [2.75, 3.05) is 18.4 Å². The average molecular weight is 314 g/mol. The van der Waals surface area contributed by atoms with Crippen LogP contribution in [0.3, 0.4) is 0 Å². The first-order chi connectivity index (χ1) is 10.9. The van der Waals surface area contributed by atoms with Gasteiger partial charge in [-0.1, -0.05) is 13.8 Å². The Morgan fingerprint density at radius 2 is 2.09 bits per heavy atom. The topological polar surface area (TPSA) is 83.8 Å². The first-order valence-corrected chi connectivity index (χ1v) is 7.46. The normalized spacial score (nSPS) is 12.0. The van der Waals surface area contributed by atoms with E-state index in [1.807, 2.05) is 13.8 Å². The van der Waals surface area contributed by atoms with Crippen molar-refractivity contribution in [2.24, 2.45) is 11.1 Å². The molecule has 0 aliphatic rings. The van der Waals surface area contributed by atoms with Crippen molar-refractivity contribution >= 4 is 27.5 Å². The first-order valence-electron chi connectivity index (χ1n) is 7.46. The lowest BCUT2D eigenvalue weighted by atomic mass is 9.94. The Kier molecular flexibility index (Phi) is 3.77. The van der Waals surface area contributed by atoms with Crippen molar-refractivity contribution in [3.63, 3.8) is 0 Å². The van der Waals surface area contributed by atoms with Crippen molar-refractivity contribution in [3.05, 3.63) is 46.6 Å². The third-order valence-electron chi connectivity index (χ3n) is 3.96. The summed E-state index contributed by atoms with van der Waals surface area (Å²) in [5.41, 5.74) is 5.91. The fourth-order valence-corrected chi connectivity index (χ4v) is 2.46. The van der Waals surface area contributed by atoms with Crippen LogP contribution in [-0.2, 0) is 0 Å². The molecule has 3 rings (SSSR count). The maximum atomic E-state index is 13.7. The van der Waals surface area contributed by atoms with Gasteiger partial charge < -0.3 is 16.0 Å². The largest absolute Gasteiger partial charge is 0.369 e. The molecule has 6 heteroatoms. The highest BCUT2D eigenvalue weighted by atomic mass is 19.1. The number of nitrogens with two attached hydrogens (primary N) is 1. The number of anilines is 1. The Morgan fingerprint density at radius 3 is 2.83 bits per heavy atom. The maximum Gasteiger partial charge on any atom is 0.258 e. The number of fused-ring (bicyclic) bond motifs is 3. The van der Waals surface area contributed by atoms with Gasteiger partial charge in [-0.3, -0.25) is 4.79 Å². The zero-order valence-corrected chi connectivity index (χ0v) is 13.1. The predicted molar refractivity (Wildman–Crippen MR) is 91.2 cm³/mol. The van der Waals surface area contributed by atoms with Crippen molar-refractivity contribution in [3.8, 4) is 0 Å². The number of aromatic nitrogens is 2. The van der Waals surface area contributed by atoms with Crippen LogP contribution in [0.25, 0.3) is 21.7 Å². The summed E-state index contributed by atoms with van der Waals surface area (Å²) in [5.74, 6) is 0.237. The molecule has 5 nitrogen and oxygen atoms in total. The third-order valence-corrected chi connectivity index (χ3v) is 3.96. The summed E-state index contributed by atoms with van der Waals surface area (Å²) in [6, 6.07) is 6.09. The molecule has 0 unspecified atom stereocenters. The molecule has 0 radical (unpaired) electrons. The zero-order valence-electron chi connectivity index (χ0n) is 13.1. The van der Waals surface area contributed by atoms with Crippen LogP contribution in [0.2, 0.25) is 0 Å². The van der Waals surface area contributed by atoms with Gasteiger partial charge in [0.2, 0.25) is 0 Å². The van der Waals surface area contributed by atoms with Gasteiger partial charge in [-0.15, -0.1) is 0 Å². The number of hydrogen-bond acceptors (Lipinski definition) is 4. The highest BCUT2D eigenvalue weighted by molar-refractivity contribution is 6.09. The molecule has 23 heavy (non-hydrogen) atoms. The molecule has 2 heterocycles. The van der Waals surface area contributed by atoms with Gasteiger partial charge in [0.1, 0.15) is 11.6 Å². The van der Waals surface area contributed by atoms with E-state index in [0.29, 0.717) is 40.6 Å². The number of hydrogen-bond donors (Lipinski definition) is 3. The van der Waals surface area contributed by atoms with Gasteiger partial charge in [0, 0.05) is 23.5 Å². The van der Waals surface area contributed by atoms with E-state index < -0.39 is 0 Å². The van der Waals surface area contributed by atoms with Gasteiger partial charge in [-0.25, -0.2) is 9.37 Å². The molecule has 2 aromatic heterocycles. The molecule has 0 atom stereocenters. The van der Waals surface area contributed by atoms with Crippen LogP contribution in [0, 0.1) is 11.2 Å². The predicted octanol–water partition coefficient (Wildman–Crippen LogP) is 2.61. The summed E-state index contributed by atoms with van der Waals surface area (Å²) < 4.78 is 13.7. The van der Waals surface area contributed by atoms with Crippen LogP contribution in [-0.4, -0.2) is 23.1 Å². The van der Waals surface area contributed by atoms with Crippen molar-refractivity contribution in [2.45, 2.75) is 13.8 Å². The summed E-state index contributed by atoms with van der Waals surface area (Å²) in [5, 5.41) is 4.94. The minimum Gasteiger partial charge on any atom is -0.369 e. The molecule has 0 saturated carbocycles. The van der Waals surface area contributed by atoms with Gasteiger partial charge in [0.05, 0.1) is 10.9 Å². The van der Waals surface area contributed by atoms with Gasteiger partial charge in [-0.05, 0) is 36.2 Å². The minimum atomic E-state index is -0.388. The van der Waals surface area contributed by atoms with E-state index in [1.165, 1.54) is 18.3 Å². The molecule has 1 aromatic carbocycles. The van der Waals surface area contributed by atoms with Crippen LogP contribution in [0.15, 0.2) is 35.3 Å². The SMILES string of the molecule is CC(C)(CN)CNc1nc2cc[nH]c(=O)c2c2cc(F)ccc12. The quantitative estimate of drug-likeness (QED) is 0.646. The average Bonchev–Trinajstić information content (AvgIpc) is 2.52. The van der Waals surface area contributed by atoms with E-state index in [-0.39, 0.29) is 16.8 Å². The van der Waals surface area contributed by atoms with Crippen molar-refractivity contribution in [1.82, 2.24) is 9.97 Å². The van der Waals surface area contributed by atoms with Crippen molar-refractivity contribution < 1.29 is 4.39 Å². The summed E-state index contributed by atoms with van der Waals surface area (Å²) in [6.07, 6.45) is 1.54. The summed E-state index contributed by atoms with van der Waals surface area (Å²) >= 11 is 0. The lowest BCUT2D eigenvalue weighted by molar-refractivity contribution is 0.405. The van der Waals surface area contributed by atoms with E-state index >= 15 is 0 Å². The maximum absolute atomic E-state index is 13.7. The third kappa shape index (κ3) is 2.90. The van der Waals surface area contributed by atoms with Crippen LogP contribution >= 0.6 is 0 Å². The molecule has 0 fully saturated rings. The number of rotatable bonds is 4. The van der Waals surface area contributed by atoms with E-state index in [4.69, 9.17) is 5.73 Å². The second-order valence-corrected chi connectivity index (χ2v) is 6.44. The number of aromatic amines is 1. The fraction of sp³-hybridized carbons (Fsp3) is 0.294. The minimum absolute atomic E-state index is 0.100. The van der Waals surface area contributed by atoms with Crippen LogP contribution in [0.5, 0.6) is 0 Å². The Bertz CT molecular complexity index is 933. The number of nitrogens with one attached hydrogen (secondary N) is 2. The van der Waals surface area contributed by atoms with Gasteiger partial charge in [0.25, 0.3) is 5.56 Å². The highest BCUT2D eigenvalue weighted by Crippen LogP contribution is 2.28. The number of halogens is 1. The Hall–Kier alpha value is -2.47. The van der Waals surface area contributed by atoms with Crippen molar-refractivity contribution in [1.29, 1.82) is 0 Å². The van der Waals surface area contributed by atoms with E-state index in [0.717, 1.165) is 0 Å². The molecule has 0 aliphatic heterocycles. The van der Waals surface area contributed by atoms with Gasteiger partial charge >= 0.3 is 0 Å². The molecule has 4 N–H and O–H groups in total. The number of nitrogens with zero attached hydrogens (tertiary/aromatic N) is 1.